The number of hydrogen-bond donors (Lipinski definition) is 1. The molecule has 1 fully saturated rings. The molecular weight excluding hydrogens is 182 g/mol. The van der Waals surface area contributed by atoms with Gasteiger partial charge in [0.25, 0.3) is 0 Å². The smallest absolute Gasteiger partial charge is 0.0533 e. The molecule has 1 aromatic rings. The van der Waals surface area contributed by atoms with Gasteiger partial charge in [-0.05, 0) is 18.1 Å². The Balaban J connectivity index is 1.97. The van der Waals surface area contributed by atoms with Gasteiger partial charge >= 0.3 is 0 Å². The molecule has 0 spiro atoms. The third-order valence-electron chi connectivity index (χ3n) is 2.26. The Labute approximate surface area is 80.8 Å². The summed E-state index contributed by atoms with van der Waals surface area (Å²) in [5.41, 5.74) is 0. The molecule has 0 saturated carbocycles. The summed E-state index contributed by atoms with van der Waals surface area (Å²) in [7, 11) is -0.802. The zero-order valence-electron chi connectivity index (χ0n) is 7.40. The van der Waals surface area contributed by atoms with Crippen LogP contribution in [-0.2, 0) is 10.8 Å². The minimum Gasteiger partial charge on any atom is -0.316 e. The molecule has 70 valence electrons. The van der Waals surface area contributed by atoms with Gasteiger partial charge < -0.3 is 5.32 Å². The van der Waals surface area contributed by atoms with Crippen LogP contribution in [0.3, 0.4) is 0 Å². The molecule has 2 rings (SSSR count). The zero-order chi connectivity index (χ0) is 9.10. The highest BCUT2D eigenvalue weighted by molar-refractivity contribution is 7.85. The van der Waals surface area contributed by atoms with E-state index in [2.05, 4.69) is 5.32 Å². The molecule has 0 aromatic heterocycles. The van der Waals surface area contributed by atoms with E-state index in [-0.39, 0.29) is 0 Å². The largest absolute Gasteiger partial charge is 0.316 e. The predicted octanol–water partition coefficient (Wildman–Crippen LogP) is 1.01. The van der Waals surface area contributed by atoms with Crippen molar-refractivity contribution < 1.29 is 4.21 Å². The molecular formula is C10H13NOS. The van der Waals surface area contributed by atoms with Gasteiger partial charge in [-0.2, -0.15) is 0 Å². The molecule has 1 aliphatic rings. The lowest BCUT2D eigenvalue weighted by molar-refractivity contribution is 0.382. The lowest BCUT2D eigenvalue weighted by Crippen LogP contribution is -2.44. The summed E-state index contributed by atoms with van der Waals surface area (Å²) in [6.45, 7) is 2.05. The monoisotopic (exact) mass is 195 g/mol. The van der Waals surface area contributed by atoms with Crippen LogP contribution in [0, 0.1) is 5.92 Å². The molecule has 0 radical (unpaired) electrons. The van der Waals surface area contributed by atoms with Gasteiger partial charge in [0.1, 0.15) is 0 Å². The van der Waals surface area contributed by atoms with Crippen molar-refractivity contribution in [3.63, 3.8) is 0 Å². The minimum absolute atomic E-state index is 0.612. The Kier molecular flexibility index (Phi) is 2.76. The van der Waals surface area contributed by atoms with Crippen LogP contribution in [0.2, 0.25) is 0 Å². The van der Waals surface area contributed by atoms with Crippen molar-refractivity contribution in [1.82, 2.24) is 5.32 Å². The second-order valence-electron chi connectivity index (χ2n) is 3.35. The number of hydrogen-bond acceptors (Lipinski definition) is 2. The number of benzene rings is 1. The second kappa shape index (κ2) is 4.03. The molecule has 3 heteroatoms. The Morgan fingerprint density at radius 1 is 1.31 bits per heavy atom. The van der Waals surface area contributed by atoms with Crippen molar-refractivity contribution >= 4 is 10.8 Å². The van der Waals surface area contributed by atoms with Crippen molar-refractivity contribution in [2.24, 2.45) is 5.92 Å². The van der Waals surface area contributed by atoms with Crippen LogP contribution in [0.25, 0.3) is 0 Å². The van der Waals surface area contributed by atoms with Crippen LogP contribution in [0.1, 0.15) is 0 Å². The Morgan fingerprint density at radius 3 is 2.54 bits per heavy atom. The molecule has 1 saturated heterocycles. The topological polar surface area (TPSA) is 29.1 Å². The van der Waals surface area contributed by atoms with Crippen LogP contribution in [0.4, 0.5) is 0 Å². The summed E-state index contributed by atoms with van der Waals surface area (Å²) in [6, 6.07) is 9.69. The average Bonchev–Trinajstić information content (AvgIpc) is 2.12. The van der Waals surface area contributed by atoms with Crippen molar-refractivity contribution in [2.45, 2.75) is 4.90 Å². The summed E-state index contributed by atoms with van der Waals surface area (Å²) in [6.07, 6.45) is 0. The molecule has 1 atom stereocenters. The van der Waals surface area contributed by atoms with E-state index in [1.54, 1.807) is 0 Å². The first-order valence-corrected chi connectivity index (χ1v) is 5.82. The van der Waals surface area contributed by atoms with Crippen molar-refractivity contribution in [3.8, 4) is 0 Å². The fourth-order valence-electron chi connectivity index (χ4n) is 1.35. The minimum atomic E-state index is -0.802. The van der Waals surface area contributed by atoms with Crippen LogP contribution >= 0.6 is 0 Å². The van der Waals surface area contributed by atoms with E-state index < -0.39 is 10.8 Å². The van der Waals surface area contributed by atoms with E-state index in [1.807, 2.05) is 30.3 Å². The lowest BCUT2D eigenvalue weighted by Gasteiger charge is -2.26. The highest BCUT2D eigenvalue weighted by Crippen LogP contribution is 2.11. The molecule has 1 N–H and O–H groups in total. The van der Waals surface area contributed by atoms with Crippen molar-refractivity contribution in [3.05, 3.63) is 30.3 Å². The van der Waals surface area contributed by atoms with Crippen molar-refractivity contribution in [1.29, 1.82) is 0 Å². The van der Waals surface area contributed by atoms with Gasteiger partial charge in [0, 0.05) is 23.7 Å². The molecule has 1 unspecified atom stereocenters. The van der Waals surface area contributed by atoms with Gasteiger partial charge in [0.15, 0.2) is 0 Å². The summed E-state index contributed by atoms with van der Waals surface area (Å²) in [5, 5.41) is 3.18. The van der Waals surface area contributed by atoms with Crippen LogP contribution in [0.15, 0.2) is 35.2 Å². The molecule has 0 aliphatic carbocycles. The third-order valence-corrected chi connectivity index (χ3v) is 3.83. The SMILES string of the molecule is O=S(CC1CNC1)c1ccccc1. The third kappa shape index (κ3) is 2.17. The van der Waals surface area contributed by atoms with Crippen LogP contribution in [0.5, 0.6) is 0 Å². The molecule has 2 nitrogen and oxygen atoms in total. The maximum Gasteiger partial charge on any atom is 0.0533 e. The van der Waals surface area contributed by atoms with E-state index in [9.17, 15) is 4.21 Å². The molecule has 0 amide bonds. The van der Waals surface area contributed by atoms with E-state index in [4.69, 9.17) is 0 Å². The maximum atomic E-state index is 11.7. The summed E-state index contributed by atoms with van der Waals surface area (Å²) in [4.78, 5) is 0.953. The van der Waals surface area contributed by atoms with Crippen LogP contribution < -0.4 is 5.32 Å². The van der Waals surface area contributed by atoms with Gasteiger partial charge in [-0.1, -0.05) is 18.2 Å². The molecule has 1 aromatic carbocycles. The fraction of sp³-hybridized carbons (Fsp3) is 0.400. The molecule has 0 bridgehead atoms. The first-order valence-electron chi connectivity index (χ1n) is 4.50. The Morgan fingerprint density at radius 2 is 2.00 bits per heavy atom. The summed E-state index contributed by atoms with van der Waals surface area (Å²) < 4.78 is 11.7. The van der Waals surface area contributed by atoms with Gasteiger partial charge in [-0.15, -0.1) is 0 Å². The fourth-order valence-corrected chi connectivity index (χ4v) is 2.67. The van der Waals surface area contributed by atoms with Gasteiger partial charge in [0.2, 0.25) is 0 Å². The van der Waals surface area contributed by atoms with E-state index in [0.29, 0.717) is 5.92 Å². The van der Waals surface area contributed by atoms with Gasteiger partial charge in [0.05, 0.1) is 10.8 Å². The van der Waals surface area contributed by atoms with E-state index in [0.717, 1.165) is 23.7 Å². The lowest BCUT2D eigenvalue weighted by atomic mass is 10.1. The quantitative estimate of drug-likeness (QED) is 0.780. The first-order chi connectivity index (χ1) is 6.36. The normalized spacial score (nSPS) is 19.4. The maximum absolute atomic E-state index is 11.7. The standard InChI is InChI=1S/C10H13NOS/c12-13(8-9-6-11-7-9)10-4-2-1-3-5-10/h1-5,9,11H,6-8H2. The van der Waals surface area contributed by atoms with Gasteiger partial charge in [-0.3, -0.25) is 4.21 Å². The average molecular weight is 195 g/mol. The Hall–Kier alpha value is -0.670. The van der Waals surface area contributed by atoms with Gasteiger partial charge in [-0.25, -0.2) is 0 Å². The molecule has 13 heavy (non-hydrogen) atoms. The number of rotatable bonds is 3. The highest BCUT2D eigenvalue weighted by Gasteiger charge is 2.19. The summed E-state index contributed by atoms with van der Waals surface area (Å²) in [5.74, 6) is 1.41. The van der Waals surface area contributed by atoms with E-state index >= 15 is 0 Å². The molecule has 1 heterocycles. The van der Waals surface area contributed by atoms with E-state index in [1.165, 1.54) is 0 Å². The number of nitrogens with one attached hydrogen (secondary N) is 1. The predicted molar refractivity (Wildman–Crippen MR) is 54.1 cm³/mol. The van der Waals surface area contributed by atoms with Crippen molar-refractivity contribution in [2.75, 3.05) is 18.8 Å². The highest BCUT2D eigenvalue weighted by atomic mass is 32.2. The Bertz CT molecular complexity index is 295. The zero-order valence-corrected chi connectivity index (χ0v) is 8.22. The molecule has 1 aliphatic heterocycles. The second-order valence-corrected chi connectivity index (χ2v) is 4.85. The first kappa shape index (κ1) is 8.91. The summed E-state index contributed by atoms with van der Waals surface area (Å²) >= 11 is 0. The van der Waals surface area contributed by atoms with Crippen LogP contribution in [-0.4, -0.2) is 23.1 Å².